The molecule has 0 bridgehead atoms. The highest BCUT2D eigenvalue weighted by Gasteiger charge is 2.45. The molecule has 0 aromatic heterocycles. The van der Waals surface area contributed by atoms with Gasteiger partial charge in [-0.1, -0.05) is 6.92 Å². The Bertz CT molecular complexity index is 210. The third-order valence-corrected chi connectivity index (χ3v) is 3.76. The fraction of sp³-hybridized carbons (Fsp3) is 0.900. The maximum absolute atomic E-state index is 11.3. The Hall–Kier alpha value is -0.220. The van der Waals surface area contributed by atoms with E-state index in [1.807, 2.05) is 6.92 Å². The van der Waals surface area contributed by atoms with Gasteiger partial charge in [-0.3, -0.25) is 9.69 Å². The van der Waals surface area contributed by atoms with E-state index >= 15 is 0 Å². The van der Waals surface area contributed by atoms with Gasteiger partial charge in [0, 0.05) is 12.3 Å². The van der Waals surface area contributed by atoms with E-state index in [1.165, 1.54) is 0 Å². The lowest BCUT2D eigenvalue weighted by atomic mass is 9.93. The van der Waals surface area contributed by atoms with Gasteiger partial charge in [-0.2, -0.15) is 11.8 Å². The number of rotatable bonds is 5. The summed E-state index contributed by atoms with van der Waals surface area (Å²) in [6.45, 7) is 3.83. The van der Waals surface area contributed by atoms with Crippen LogP contribution in [0.2, 0.25) is 0 Å². The Morgan fingerprint density at radius 3 is 2.86 bits per heavy atom. The van der Waals surface area contributed by atoms with E-state index in [4.69, 9.17) is 0 Å². The molecule has 1 aliphatic heterocycles. The molecule has 3 nitrogen and oxygen atoms in total. The molecule has 1 atom stereocenters. The molecule has 0 aromatic rings. The van der Waals surface area contributed by atoms with Crippen molar-refractivity contribution in [3.05, 3.63) is 0 Å². The van der Waals surface area contributed by atoms with Gasteiger partial charge in [0.2, 0.25) is 0 Å². The summed E-state index contributed by atoms with van der Waals surface area (Å²) in [5, 5.41) is 9.29. The van der Waals surface area contributed by atoms with Crippen LogP contribution in [0.5, 0.6) is 0 Å². The lowest BCUT2D eigenvalue weighted by molar-refractivity contribution is -0.149. The summed E-state index contributed by atoms with van der Waals surface area (Å²) in [4.78, 5) is 13.4. The number of thioether (sulfide) groups is 1. The first-order valence-corrected chi connectivity index (χ1v) is 6.54. The molecule has 1 heterocycles. The maximum atomic E-state index is 11.3. The Morgan fingerprint density at radius 2 is 2.36 bits per heavy atom. The molecule has 4 heteroatoms. The number of carboxylic acid groups (broad SMARTS) is 1. The molecule has 1 N–H and O–H groups in total. The van der Waals surface area contributed by atoms with Crippen LogP contribution >= 0.6 is 11.8 Å². The van der Waals surface area contributed by atoms with Crippen molar-refractivity contribution >= 4 is 17.7 Å². The zero-order valence-electron chi connectivity index (χ0n) is 8.95. The molecule has 0 radical (unpaired) electrons. The number of likely N-dealkylation sites (tertiary alicyclic amines) is 1. The highest BCUT2D eigenvalue weighted by atomic mass is 32.2. The van der Waals surface area contributed by atoms with Gasteiger partial charge < -0.3 is 5.11 Å². The smallest absolute Gasteiger partial charge is 0.324 e. The number of hydrogen-bond donors (Lipinski definition) is 1. The quantitative estimate of drug-likeness (QED) is 0.760. The summed E-state index contributed by atoms with van der Waals surface area (Å²) in [7, 11) is 0. The van der Waals surface area contributed by atoms with E-state index in [1.54, 1.807) is 11.8 Å². The predicted molar refractivity (Wildman–Crippen MR) is 59.8 cm³/mol. The minimum atomic E-state index is -0.640. The third-order valence-electron chi connectivity index (χ3n) is 3.17. The van der Waals surface area contributed by atoms with Crippen molar-refractivity contribution < 1.29 is 9.90 Å². The zero-order chi connectivity index (χ0) is 10.6. The lowest BCUT2D eigenvalue weighted by Crippen LogP contribution is -2.50. The summed E-state index contributed by atoms with van der Waals surface area (Å²) in [6.07, 6.45) is 4.61. The van der Waals surface area contributed by atoms with Crippen molar-refractivity contribution in [1.29, 1.82) is 0 Å². The van der Waals surface area contributed by atoms with Crippen LogP contribution in [0.15, 0.2) is 0 Å². The van der Waals surface area contributed by atoms with E-state index in [0.717, 1.165) is 38.1 Å². The molecular weight excluding hydrogens is 198 g/mol. The highest BCUT2D eigenvalue weighted by molar-refractivity contribution is 7.98. The lowest BCUT2D eigenvalue weighted by Gasteiger charge is -2.33. The Morgan fingerprint density at radius 1 is 1.64 bits per heavy atom. The SMILES string of the molecule is CCC1(C(=O)O)CCCN1CCSC. The predicted octanol–water partition coefficient (Wildman–Crippen LogP) is 1.68. The van der Waals surface area contributed by atoms with Gasteiger partial charge in [-0.25, -0.2) is 0 Å². The van der Waals surface area contributed by atoms with Gasteiger partial charge in [-0.15, -0.1) is 0 Å². The minimum Gasteiger partial charge on any atom is -0.480 e. The monoisotopic (exact) mass is 217 g/mol. The van der Waals surface area contributed by atoms with E-state index in [9.17, 15) is 9.90 Å². The topological polar surface area (TPSA) is 40.5 Å². The van der Waals surface area contributed by atoms with Crippen LogP contribution in [0.25, 0.3) is 0 Å². The number of nitrogens with zero attached hydrogens (tertiary/aromatic N) is 1. The van der Waals surface area contributed by atoms with E-state index < -0.39 is 11.5 Å². The Kier molecular flexibility index (Phi) is 4.26. The Labute approximate surface area is 89.9 Å². The van der Waals surface area contributed by atoms with Gasteiger partial charge in [0.05, 0.1) is 0 Å². The van der Waals surface area contributed by atoms with Crippen molar-refractivity contribution in [3.63, 3.8) is 0 Å². The van der Waals surface area contributed by atoms with Gasteiger partial charge >= 0.3 is 5.97 Å². The third kappa shape index (κ3) is 2.06. The first-order valence-electron chi connectivity index (χ1n) is 5.14. The molecule has 0 saturated carbocycles. The van der Waals surface area contributed by atoms with Crippen molar-refractivity contribution in [2.24, 2.45) is 0 Å². The van der Waals surface area contributed by atoms with Gasteiger partial charge in [0.15, 0.2) is 0 Å². The van der Waals surface area contributed by atoms with Crippen LogP contribution in [0.3, 0.4) is 0 Å². The second-order valence-corrected chi connectivity index (χ2v) is 4.76. The van der Waals surface area contributed by atoms with Crippen LogP contribution < -0.4 is 0 Å². The van der Waals surface area contributed by atoms with Gasteiger partial charge in [0.25, 0.3) is 0 Å². The number of hydrogen-bond acceptors (Lipinski definition) is 3. The largest absolute Gasteiger partial charge is 0.480 e. The van der Waals surface area contributed by atoms with Crippen LogP contribution in [-0.4, -0.2) is 46.6 Å². The van der Waals surface area contributed by atoms with Gasteiger partial charge in [0.1, 0.15) is 5.54 Å². The van der Waals surface area contributed by atoms with E-state index in [0.29, 0.717) is 0 Å². The first-order chi connectivity index (χ1) is 6.67. The van der Waals surface area contributed by atoms with Crippen LogP contribution in [0.4, 0.5) is 0 Å². The standard InChI is InChI=1S/C10H19NO2S/c1-3-10(9(12)13)5-4-6-11(10)7-8-14-2/h3-8H2,1-2H3,(H,12,13). The molecule has 0 amide bonds. The van der Waals surface area contributed by atoms with E-state index in [-0.39, 0.29) is 0 Å². The van der Waals surface area contributed by atoms with Crippen molar-refractivity contribution in [3.8, 4) is 0 Å². The summed E-state index contributed by atoms with van der Waals surface area (Å²) in [5.41, 5.74) is -0.560. The average Bonchev–Trinajstić information content (AvgIpc) is 2.58. The molecule has 1 aliphatic rings. The second kappa shape index (κ2) is 5.03. The number of carbonyl (C=O) groups is 1. The number of aliphatic carboxylic acids is 1. The first kappa shape index (κ1) is 11.9. The highest BCUT2D eigenvalue weighted by Crippen LogP contribution is 2.32. The van der Waals surface area contributed by atoms with Gasteiger partial charge in [-0.05, 0) is 32.1 Å². The molecule has 0 spiro atoms. The van der Waals surface area contributed by atoms with Crippen LogP contribution in [-0.2, 0) is 4.79 Å². The van der Waals surface area contributed by atoms with Crippen molar-refractivity contribution in [2.45, 2.75) is 31.7 Å². The molecular formula is C10H19NO2S. The maximum Gasteiger partial charge on any atom is 0.324 e. The molecule has 0 aliphatic carbocycles. The molecule has 1 rings (SSSR count). The van der Waals surface area contributed by atoms with Crippen molar-refractivity contribution in [1.82, 2.24) is 4.90 Å². The van der Waals surface area contributed by atoms with E-state index in [2.05, 4.69) is 11.2 Å². The van der Waals surface area contributed by atoms with Crippen LogP contribution in [0, 0.1) is 0 Å². The molecule has 1 unspecified atom stereocenters. The normalized spacial score (nSPS) is 28.1. The molecule has 14 heavy (non-hydrogen) atoms. The minimum absolute atomic E-state index is 0.560. The second-order valence-electron chi connectivity index (χ2n) is 3.77. The molecule has 1 fully saturated rings. The summed E-state index contributed by atoms with van der Waals surface area (Å²) in [6, 6.07) is 0. The zero-order valence-corrected chi connectivity index (χ0v) is 9.77. The average molecular weight is 217 g/mol. The summed E-state index contributed by atoms with van der Waals surface area (Å²) < 4.78 is 0. The fourth-order valence-electron chi connectivity index (χ4n) is 2.26. The number of carboxylic acids is 1. The summed E-state index contributed by atoms with van der Waals surface area (Å²) in [5.74, 6) is 0.383. The molecule has 1 saturated heterocycles. The molecule has 0 aromatic carbocycles. The summed E-state index contributed by atoms with van der Waals surface area (Å²) >= 11 is 1.78. The van der Waals surface area contributed by atoms with Crippen molar-refractivity contribution in [2.75, 3.05) is 25.1 Å². The Balaban J connectivity index is 2.67. The van der Waals surface area contributed by atoms with Crippen LogP contribution in [0.1, 0.15) is 26.2 Å². The fourth-order valence-corrected chi connectivity index (χ4v) is 2.66. The molecule has 82 valence electrons.